The predicted molar refractivity (Wildman–Crippen MR) is 108 cm³/mol. The van der Waals surface area contributed by atoms with Gasteiger partial charge in [0.2, 0.25) is 5.91 Å². The Morgan fingerprint density at radius 1 is 1.07 bits per heavy atom. The summed E-state index contributed by atoms with van der Waals surface area (Å²) in [4.78, 5) is 14.3. The van der Waals surface area contributed by atoms with Crippen LogP contribution in [-0.2, 0) is 11.0 Å². The van der Waals surface area contributed by atoms with E-state index < -0.39 is 11.7 Å². The Bertz CT molecular complexity index is 538. The molecule has 0 radical (unpaired) electrons. The van der Waals surface area contributed by atoms with Gasteiger partial charge < -0.3 is 10.6 Å². The number of hydrogen-bond donors (Lipinski definition) is 2. The smallest absolute Gasteiger partial charge is 0.354 e. The van der Waals surface area contributed by atoms with E-state index in [0.29, 0.717) is 13.1 Å². The number of benzene rings is 1. The molecule has 0 saturated heterocycles. The van der Waals surface area contributed by atoms with E-state index in [0.717, 1.165) is 30.8 Å². The van der Waals surface area contributed by atoms with Crippen molar-refractivity contribution >= 4 is 30.7 Å². The topological polar surface area (TPSA) is 44.4 Å². The molecular weight excluding hydrogens is 402 g/mol. The van der Waals surface area contributed by atoms with Crippen LogP contribution in [0.1, 0.15) is 37.9 Å². The first-order valence-electron chi connectivity index (χ1n) is 8.58. The summed E-state index contributed by atoms with van der Waals surface area (Å²) in [6.07, 6.45) is -4.35. The Labute approximate surface area is 172 Å². The van der Waals surface area contributed by atoms with Crippen LogP contribution >= 0.6 is 24.8 Å². The molecule has 0 heterocycles. The molecule has 27 heavy (non-hydrogen) atoms. The molecule has 0 aromatic heterocycles. The van der Waals surface area contributed by atoms with E-state index in [1.54, 1.807) is 7.05 Å². The first kappa shape index (κ1) is 28.2. The first-order valence-corrected chi connectivity index (χ1v) is 8.58. The van der Waals surface area contributed by atoms with Crippen LogP contribution in [-0.4, -0.2) is 44.0 Å². The summed E-state index contributed by atoms with van der Waals surface area (Å²) in [6.45, 7) is 8.23. The van der Waals surface area contributed by atoms with Crippen molar-refractivity contribution in [1.29, 1.82) is 0 Å². The summed E-state index contributed by atoms with van der Waals surface area (Å²) in [5.41, 5.74) is 0.0968. The molecule has 0 bridgehead atoms. The molecule has 2 atom stereocenters. The zero-order chi connectivity index (χ0) is 19.0. The summed E-state index contributed by atoms with van der Waals surface area (Å²) >= 11 is 0. The third-order valence-corrected chi connectivity index (χ3v) is 4.30. The van der Waals surface area contributed by atoms with Crippen molar-refractivity contribution in [3.8, 4) is 0 Å². The van der Waals surface area contributed by atoms with Crippen LogP contribution in [0.4, 0.5) is 13.2 Å². The van der Waals surface area contributed by atoms with Gasteiger partial charge in [-0.3, -0.25) is 9.69 Å². The number of halogens is 5. The van der Waals surface area contributed by atoms with Gasteiger partial charge in [0.15, 0.2) is 0 Å². The summed E-state index contributed by atoms with van der Waals surface area (Å²) in [5, 5.41) is 5.87. The number of nitrogens with one attached hydrogen (secondary N) is 2. The third-order valence-electron chi connectivity index (χ3n) is 4.30. The molecule has 1 aromatic carbocycles. The standard InChI is InChI=1S/C18H28F3N3O.2ClH/c1-5-24(6-2)16(12-23-17(25)13(3)11-22-4)14-7-9-15(10-8-14)18(19,20)21;;/h7-10,13,16,22H,5-6,11-12H2,1-4H3,(H,23,25);2*1H. The fraction of sp³-hybridized carbons (Fsp3) is 0.611. The van der Waals surface area contributed by atoms with Crippen LogP contribution in [0.25, 0.3) is 0 Å². The predicted octanol–water partition coefficient (Wildman–Crippen LogP) is 3.90. The van der Waals surface area contributed by atoms with E-state index in [4.69, 9.17) is 0 Å². The lowest BCUT2D eigenvalue weighted by atomic mass is 10.0. The molecule has 0 aliphatic heterocycles. The highest BCUT2D eigenvalue weighted by atomic mass is 35.5. The molecule has 0 aliphatic rings. The molecule has 1 amide bonds. The van der Waals surface area contributed by atoms with E-state index >= 15 is 0 Å². The fourth-order valence-electron chi connectivity index (χ4n) is 2.79. The largest absolute Gasteiger partial charge is 0.416 e. The monoisotopic (exact) mass is 431 g/mol. The van der Waals surface area contributed by atoms with Gasteiger partial charge in [0, 0.05) is 19.0 Å². The Balaban J connectivity index is 0. The molecule has 0 spiro atoms. The molecule has 4 nitrogen and oxygen atoms in total. The molecule has 2 N–H and O–H groups in total. The van der Waals surface area contributed by atoms with Gasteiger partial charge in [-0.05, 0) is 37.8 Å². The van der Waals surface area contributed by atoms with Crippen molar-refractivity contribution in [3.63, 3.8) is 0 Å². The Kier molecular flexibility index (Phi) is 13.8. The number of likely N-dealkylation sites (N-methyl/N-ethyl adjacent to an activating group) is 1. The van der Waals surface area contributed by atoms with E-state index in [9.17, 15) is 18.0 Å². The SMILES string of the molecule is CCN(CC)C(CNC(=O)C(C)CNC)c1ccc(C(F)(F)F)cc1.Cl.Cl. The molecule has 1 rings (SSSR count). The number of amides is 1. The average Bonchev–Trinajstić information content (AvgIpc) is 2.58. The molecule has 2 unspecified atom stereocenters. The van der Waals surface area contributed by atoms with Gasteiger partial charge in [0.25, 0.3) is 0 Å². The van der Waals surface area contributed by atoms with Crippen molar-refractivity contribution in [2.45, 2.75) is 33.0 Å². The van der Waals surface area contributed by atoms with Crippen LogP contribution in [0, 0.1) is 5.92 Å². The highest BCUT2D eigenvalue weighted by Gasteiger charge is 2.30. The molecule has 1 aromatic rings. The highest BCUT2D eigenvalue weighted by Crippen LogP contribution is 2.30. The van der Waals surface area contributed by atoms with Crippen molar-refractivity contribution in [3.05, 3.63) is 35.4 Å². The first-order chi connectivity index (χ1) is 11.7. The summed E-state index contributed by atoms with van der Waals surface area (Å²) in [6, 6.07) is 5.02. The second kappa shape index (κ2) is 13.2. The zero-order valence-corrected chi connectivity index (χ0v) is 17.7. The normalized spacial score (nSPS) is 13.3. The second-order valence-corrected chi connectivity index (χ2v) is 6.06. The molecular formula is C18H30Cl2F3N3O. The maximum absolute atomic E-state index is 12.8. The minimum absolute atomic E-state index is 0. The summed E-state index contributed by atoms with van der Waals surface area (Å²) < 4.78 is 38.3. The molecule has 0 fully saturated rings. The van der Waals surface area contributed by atoms with Crippen LogP contribution in [0.3, 0.4) is 0 Å². The van der Waals surface area contributed by atoms with Crippen LogP contribution in [0.2, 0.25) is 0 Å². The van der Waals surface area contributed by atoms with Gasteiger partial charge in [-0.2, -0.15) is 13.2 Å². The van der Waals surface area contributed by atoms with Gasteiger partial charge in [0.05, 0.1) is 11.6 Å². The number of alkyl halides is 3. The maximum Gasteiger partial charge on any atom is 0.416 e. The minimum Gasteiger partial charge on any atom is -0.354 e. The molecule has 158 valence electrons. The van der Waals surface area contributed by atoms with Crippen molar-refractivity contribution in [2.75, 3.05) is 33.2 Å². The third kappa shape index (κ3) is 8.68. The summed E-state index contributed by atoms with van der Waals surface area (Å²) in [5.74, 6) is -0.242. The molecule has 0 aliphatic carbocycles. The van der Waals surface area contributed by atoms with Gasteiger partial charge >= 0.3 is 6.18 Å². The van der Waals surface area contributed by atoms with Gasteiger partial charge in [-0.25, -0.2) is 0 Å². The van der Waals surface area contributed by atoms with Crippen LogP contribution in [0.15, 0.2) is 24.3 Å². The maximum atomic E-state index is 12.8. The van der Waals surface area contributed by atoms with Crippen molar-refractivity contribution in [2.24, 2.45) is 5.92 Å². The van der Waals surface area contributed by atoms with Crippen LogP contribution < -0.4 is 10.6 Å². The number of hydrogen-bond acceptors (Lipinski definition) is 3. The van der Waals surface area contributed by atoms with E-state index in [2.05, 4.69) is 15.5 Å². The lowest BCUT2D eigenvalue weighted by Crippen LogP contribution is -2.41. The van der Waals surface area contributed by atoms with E-state index in [1.807, 2.05) is 20.8 Å². The Morgan fingerprint density at radius 2 is 1.59 bits per heavy atom. The Morgan fingerprint density at radius 3 is 2.00 bits per heavy atom. The molecule has 9 heteroatoms. The van der Waals surface area contributed by atoms with Crippen molar-refractivity contribution in [1.82, 2.24) is 15.5 Å². The number of carbonyl (C=O) groups excluding carboxylic acids is 1. The quantitative estimate of drug-likeness (QED) is 0.622. The highest BCUT2D eigenvalue weighted by molar-refractivity contribution is 5.85. The number of carbonyl (C=O) groups is 1. The molecule has 0 saturated carbocycles. The van der Waals surface area contributed by atoms with Crippen molar-refractivity contribution < 1.29 is 18.0 Å². The van der Waals surface area contributed by atoms with E-state index in [1.165, 1.54) is 12.1 Å². The van der Waals surface area contributed by atoms with E-state index in [-0.39, 0.29) is 42.7 Å². The van der Waals surface area contributed by atoms with Gasteiger partial charge in [-0.15, -0.1) is 24.8 Å². The van der Waals surface area contributed by atoms with Gasteiger partial charge in [-0.1, -0.05) is 32.9 Å². The number of nitrogens with zero attached hydrogens (tertiary/aromatic N) is 1. The number of rotatable bonds is 9. The zero-order valence-electron chi connectivity index (χ0n) is 16.1. The average molecular weight is 432 g/mol. The minimum atomic E-state index is -4.35. The second-order valence-electron chi connectivity index (χ2n) is 6.06. The van der Waals surface area contributed by atoms with Gasteiger partial charge in [0.1, 0.15) is 0 Å². The Hall–Kier alpha value is -1.02. The lowest BCUT2D eigenvalue weighted by molar-refractivity contribution is -0.137. The summed E-state index contributed by atoms with van der Waals surface area (Å²) in [7, 11) is 1.78. The fourth-order valence-corrected chi connectivity index (χ4v) is 2.79. The lowest BCUT2D eigenvalue weighted by Gasteiger charge is -2.31. The van der Waals surface area contributed by atoms with Crippen LogP contribution in [0.5, 0.6) is 0 Å².